The van der Waals surface area contributed by atoms with Gasteiger partial charge in [0.25, 0.3) is 0 Å². The van der Waals surface area contributed by atoms with Crippen LogP contribution in [0.3, 0.4) is 0 Å². The van der Waals surface area contributed by atoms with Crippen molar-refractivity contribution in [2.24, 2.45) is 23.2 Å². The van der Waals surface area contributed by atoms with Gasteiger partial charge in [-0.2, -0.15) is 0 Å². The zero-order valence-electron chi connectivity index (χ0n) is 13.9. The largest absolute Gasteiger partial charge is 0.0859 e. The van der Waals surface area contributed by atoms with E-state index in [0.29, 0.717) is 17.8 Å². The predicted octanol–water partition coefficient (Wildman–Crippen LogP) is 4.84. The highest BCUT2D eigenvalue weighted by Crippen LogP contribution is 2.68. The van der Waals surface area contributed by atoms with Crippen LogP contribution in [0.2, 0.25) is 0 Å². The Balaban J connectivity index is 1.44. The monoisotopic (exact) mass is 318 g/mol. The summed E-state index contributed by atoms with van der Waals surface area (Å²) in [6.07, 6.45) is 8.29. The fourth-order valence-electron chi connectivity index (χ4n) is 4.24. The molecule has 3 aliphatic rings. The van der Waals surface area contributed by atoms with E-state index in [0.717, 1.165) is 11.1 Å². The van der Waals surface area contributed by atoms with Gasteiger partial charge in [0.1, 0.15) is 0 Å². The molecule has 2 aromatic rings. The van der Waals surface area contributed by atoms with Gasteiger partial charge in [0.2, 0.25) is 0 Å². The van der Waals surface area contributed by atoms with Crippen LogP contribution in [0.1, 0.15) is 17.5 Å². The lowest BCUT2D eigenvalue weighted by Crippen LogP contribution is -2.11. The Bertz CT molecular complexity index is 986. The van der Waals surface area contributed by atoms with E-state index in [2.05, 4.69) is 66.2 Å². The maximum Gasteiger partial charge on any atom is 0.0598 e. The lowest BCUT2D eigenvalue weighted by Gasteiger charge is -2.19. The van der Waals surface area contributed by atoms with Crippen molar-refractivity contribution in [2.75, 3.05) is 0 Å². The topological polar surface area (TPSA) is 0 Å². The van der Waals surface area contributed by atoms with Crippen molar-refractivity contribution in [3.63, 3.8) is 0 Å². The Morgan fingerprint density at radius 2 is 1.48 bits per heavy atom. The van der Waals surface area contributed by atoms with Crippen LogP contribution >= 0.6 is 0 Å². The zero-order valence-corrected chi connectivity index (χ0v) is 13.9. The van der Waals surface area contributed by atoms with E-state index in [9.17, 15) is 0 Å². The van der Waals surface area contributed by atoms with Crippen molar-refractivity contribution in [3.05, 3.63) is 95.6 Å². The summed E-state index contributed by atoms with van der Waals surface area (Å²) in [7, 11) is 0. The Hall–Kier alpha value is -2.96. The van der Waals surface area contributed by atoms with Crippen molar-refractivity contribution < 1.29 is 0 Å². The molecule has 5 rings (SSSR count). The average molecular weight is 318 g/mol. The highest BCUT2D eigenvalue weighted by molar-refractivity contribution is 5.53. The molecule has 0 nitrogen and oxygen atoms in total. The van der Waals surface area contributed by atoms with E-state index < -0.39 is 0 Å². The van der Waals surface area contributed by atoms with Gasteiger partial charge >= 0.3 is 0 Å². The molecule has 4 unspecified atom stereocenters. The van der Waals surface area contributed by atoms with Crippen molar-refractivity contribution in [1.29, 1.82) is 0 Å². The van der Waals surface area contributed by atoms with Crippen LogP contribution in [-0.4, -0.2) is 0 Å². The van der Waals surface area contributed by atoms with Crippen LogP contribution in [0, 0.1) is 46.9 Å². The first kappa shape index (κ1) is 14.4. The molecule has 2 aromatic carbocycles. The van der Waals surface area contributed by atoms with Gasteiger partial charge in [-0.15, -0.1) is 0 Å². The first-order chi connectivity index (χ1) is 12.4. The Kier molecular flexibility index (Phi) is 3.19. The molecule has 0 saturated heterocycles. The van der Waals surface area contributed by atoms with Crippen molar-refractivity contribution >= 4 is 0 Å². The minimum absolute atomic E-state index is 0.0581. The predicted molar refractivity (Wildman–Crippen MR) is 101 cm³/mol. The molecule has 1 fully saturated rings. The molecule has 0 heteroatoms. The zero-order chi connectivity index (χ0) is 16.7. The summed E-state index contributed by atoms with van der Waals surface area (Å²) in [5.74, 6) is 15.4. The molecule has 1 saturated carbocycles. The normalized spacial score (nSPS) is 30.2. The van der Waals surface area contributed by atoms with Crippen LogP contribution in [0.25, 0.3) is 0 Å². The van der Waals surface area contributed by atoms with E-state index in [4.69, 9.17) is 0 Å². The molecule has 2 bridgehead atoms. The van der Waals surface area contributed by atoms with Gasteiger partial charge in [-0.3, -0.25) is 0 Å². The Labute approximate surface area is 149 Å². The number of rotatable bonds is 0. The van der Waals surface area contributed by atoms with Gasteiger partial charge in [-0.05, 0) is 36.6 Å². The summed E-state index contributed by atoms with van der Waals surface area (Å²) in [5, 5.41) is 0. The van der Waals surface area contributed by atoms with E-state index in [1.54, 1.807) is 0 Å². The molecule has 0 heterocycles. The minimum atomic E-state index is 0.0581. The summed E-state index contributed by atoms with van der Waals surface area (Å²) in [4.78, 5) is 0. The van der Waals surface area contributed by atoms with E-state index in [1.807, 2.05) is 36.4 Å². The van der Waals surface area contributed by atoms with Crippen LogP contribution in [0.4, 0.5) is 0 Å². The standard InChI is InChI=1S/C25H18/c1-3-7-19(8-4-1)11-12-21-17-23-24-18-22(21)14-16-25(23,24)15-13-20-9-5-2-6-10-20/h1-10,14,16-17,22-24H,18H2. The molecule has 0 aliphatic heterocycles. The molecule has 0 spiro atoms. The second-order valence-corrected chi connectivity index (χ2v) is 7.12. The third-order valence-electron chi connectivity index (χ3n) is 5.68. The molecule has 0 radical (unpaired) electrons. The van der Waals surface area contributed by atoms with E-state index >= 15 is 0 Å². The van der Waals surface area contributed by atoms with Crippen molar-refractivity contribution in [2.45, 2.75) is 6.42 Å². The lowest BCUT2D eigenvalue weighted by atomic mass is 9.84. The maximum atomic E-state index is 3.58. The molecule has 0 aromatic heterocycles. The summed E-state index contributed by atoms with van der Waals surface area (Å²) < 4.78 is 0. The smallest absolute Gasteiger partial charge is 0.0598 e. The number of benzene rings is 2. The number of hydrogen-bond donors (Lipinski definition) is 0. The van der Waals surface area contributed by atoms with Crippen LogP contribution in [0.5, 0.6) is 0 Å². The third-order valence-corrected chi connectivity index (χ3v) is 5.68. The summed E-state index contributed by atoms with van der Waals surface area (Å²) in [5.41, 5.74) is 3.52. The molecular weight excluding hydrogens is 300 g/mol. The fraction of sp³-hybridized carbons (Fsp3) is 0.200. The van der Waals surface area contributed by atoms with Crippen molar-refractivity contribution in [3.8, 4) is 23.7 Å². The molecular formula is C25H18. The molecule has 3 aliphatic carbocycles. The minimum Gasteiger partial charge on any atom is -0.0859 e. The van der Waals surface area contributed by atoms with Gasteiger partial charge in [0.05, 0.1) is 5.41 Å². The highest BCUT2D eigenvalue weighted by atomic mass is 14.7. The second-order valence-electron chi connectivity index (χ2n) is 7.12. The van der Waals surface area contributed by atoms with Crippen LogP contribution in [-0.2, 0) is 0 Å². The van der Waals surface area contributed by atoms with Gasteiger partial charge in [-0.25, -0.2) is 0 Å². The summed E-state index contributed by atoms with van der Waals surface area (Å²) in [6.45, 7) is 0. The SMILES string of the molecule is C(#Cc1ccccc1)C1=CC2C3CC1C=CC23C#Cc1ccccc1. The average Bonchev–Trinajstić information content (AvgIpc) is 3.37. The van der Waals surface area contributed by atoms with Gasteiger partial charge < -0.3 is 0 Å². The molecule has 4 atom stereocenters. The number of fused-ring (bicyclic) bond motifs is 2. The highest BCUT2D eigenvalue weighted by Gasteiger charge is 2.64. The maximum absolute atomic E-state index is 3.58. The Morgan fingerprint density at radius 3 is 2.20 bits per heavy atom. The molecule has 0 N–H and O–H groups in total. The molecule has 118 valence electrons. The van der Waals surface area contributed by atoms with Gasteiger partial charge in [0.15, 0.2) is 0 Å². The van der Waals surface area contributed by atoms with Gasteiger partial charge in [-0.1, -0.05) is 78.3 Å². The van der Waals surface area contributed by atoms with Gasteiger partial charge in [0, 0.05) is 28.5 Å². The molecule has 25 heavy (non-hydrogen) atoms. The first-order valence-corrected chi connectivity index (χ1v) is 8.91. The summed E-state index contributed by atoms with van der Waals surface area (Å²) >= 11 is 0. The Morgan fingerprint density at radius 1 is 0.800 bits per heavy atom. The van der Waals surface area contributed by atoms with Crippen LogP contribution in [0.15, 0.2) is 84.5 Å². The first-order valence-electron chi connectivity index (χ1n) is 8.91. The third kappa shape index (κ3) is 2.43. The number of hydrogen-bond acceptors (Lipinski definition) is 0. The molecule has 0 amide bonds. The second kappa shape index (κ2) is 5.54. The van der Waals surface area contributed by atoms with Crippen LogP contribution < -0.4 is 0 Å². The van der Waals surface area contributed by atoms with E-state index in [-0.39, 0.29) is 5.41 Å². The summed E-state index contributed by atoms with van der Waals surface area (Å²) in [6, 6.07) is 20.5. The quantitative estimate of drug-likeness (QED) is 0.482. The van der Waals surface area contributed by atoms with E-state index in [1.165, 1.54) is 12.0 Å². The number of allylic oxidation sites excluding steroid dienone is 4. The lowest BCUT2D eigenvalue weighted by molar-refractivity contribution is 0.533. The fourth-order valence-corrected chi connectivity index (χ4v) is 4.24. The van der Waals surface area contributed by atoms with Crippen molar-refractivity contribution in [1.82, 2.24) is 0 Å².